The van der Waals surface area contributed by atoms with Gasteiger partial charge in [0.05, 0.1) is 19.8 Å². The fourth-order valence-electron chi connectivity index (χ4n) is 4.28. The Hall–Kier alpha value is -2.41. The summed E-state index contributed by atoms with van der Waals surface area (Å²) in [6, 6.07) is 6.98. The number of rotatable bonds is 4. The van der Waals surface area contributed by atoms with Crippen molar-refractivity contribution in [2.75, 3.05) is 20.8 Å². The highest BCUT2D eigenvalue weighted by Crippen LogP contribution is 2.45. The van der Waals surface area contributed by atoms with Gasteiger partial charge >= 0.3 is 5.97 Å². The Balaban J connectivity index is 2.14. The lowest BCUT2D eigenvalue weighted by molar-refractivity contribution is -0.731. The average Bonchev–Trinajstić information content (AvgIpc) is 3.08. The Morgan fingerprint density at radius 3 is 2.52 bits per heavy atom. The molecule has 0 bridgehead atoms. The number of fused-ring (bicyclic) bond motifs is 1. The second kappa shape index (κ2) is 6.15. The van der Waals surface area contributed by atoms with Gasteiger partial charge < -0.3 is 14.8 Å². The number of nitrogens with zero attached hydrogens (tertiary/aromatic N) is 1. The minimum atomic E-state index is -1.15. The van der Waals surface area contributed by atoms with Crippen molar-refractivity contribution < 1.29 is 29.2 Å². The third kappa shape index (κ3) is 2.33. The standard InChI is InChI=1S/C18H22N2O5/c1-5-20-15(21)12-13(16(20)22)18(2,17(23)25-4)19-14(12)10-8-6-7-9-11(10)24-3/h6-9,12-14,19H,5H2,1-4H3/p+1/t12-,13+,14-,18-/m1/s1. The fraction of sp³-hybridized carbons (Fsp3) is 0.500. The van der Waals surface area contributed by atoms with Gasteiger partial charge in [-0.05, 0) is 19.1 Å². The number of amides is 2. The van der Waals surface area contributed by atoms with Crippen LogP contribution in [0.5, 0.6) is 5.75 Å². The number of nitrogens with two attached hydrogens (primary N) is 1. The molecule has 2 saturated heterocycles. The predicted molar refractivity (Wildman–Crippen MR) is 87.5 cm³/mol. The highest BCUT2D eigenvalue weighted by atomic mass is 16.5. The van der Waals surface area contributed by atoms with E-state index < -0.39 is 29.4 Å². The first-order valence-electron chi connectivity index (χ1n) is 8.33. The van der Waals surface area contributed by atoms with Crippen molar-refractivity contribution in [2.24, 2.45) is 11.8 Å². The number of carbonyl (C=O) groups excluding carboxylic acids is 3. The number of esters is 1. The smallest absolute Gasteiger partial charge is 0.368 e. The lowest BCUT2D eigenvalue weighted by Gasteiger charge is -2.25. The van der Waals surface area contributed by atoms with Gasteiger partial charge in [0.25, 0.3) is 0 Å². The Bertz CT molecular complexity index is 734. The van der Waals surface area contributed by atoms with Crippen LogP contribution in [0.2, 0.25) is 0 Å². The van der Waals surface area contributed by atoms with Crippen molar-refractivity contribution in [3.05, 3.63) is 29.8 Å². The summed E-state index contributed by atoms with van der Waals surface area (Å²) in [7, 11) is 2.86. The molecule has 4 atom stereocenters. The van der Waals surface area contributed by atoms with E-state index in [1.807, 2.05) is 24.3 Å². The van der Waals surface area contributed by atoms with Gasteiger partial charge in [-0.3, -0.25) is 14.5 Å². The zero-order valence-corrected chi connectivity index (χ0v) is 14.8. The molecule has 7 nitrogen and oxygen atoms in total. The van der Waals surface area contributed by atoms with E-state index in [-0.39, 0.29) is 11.8 Å². The number of para-hydroxylation sites is 1. The topological polar surface area (TPSA) is 89.5 Å². The van der Waals surface area contributed by atoms with Crippen LogP contribution in [0.1, 0.15) is 25.5 Å². The van der Waals surface area contributed by atoms with Crippen molar-refractivity contribution in [3.8, 4) is 5.75 Å². The quantitative estimate of drug-likeness (QED) is 0.605. The Morgan fingerprint density at radius 1 is 1.24 bits per heavy atom. The second-order valence-electron chi connectivity index (χ2n) is 6.63. The van der Waals surface area contributed by atoms with E-state index >= 15 is 0 Å². The van der Waals surface area contributed by atoms with Crippen LogP contribution in [0.4, 0.5) is 0 Å². The number of methoxy groups -OCH3 is 2. The van der Waals surface area contributed by atoms with Gasteiger partial charge in [-0.25, -0.2) is 4.79 Å². The highest BCUT2D eigenvalue weighted by molar-refractivity contribution is 6.08. The maximum Gasteiger partial charge on any atom is 0.368 e. The molecule has 2 heterocycles. The molecule has 7 heteroatoms. The maximum atomic E-state index is 12.9. The molecule has 134 valence electrons. The third-order valence-corrected chi connectivity index (χ3v) is 5.44. The summed E-state index contributed by atoms with van der Waals surface area (Å²) >= 11 is 0. The molecule has 0 unspecified atom stereocenters. The first kappa shape index (κ1) is 17.4. The Labute approximate surface area is 146 Å². The van der Waals surface area contributed by atoms with Gasteiger partial charge in [-0.1, -0.05) is 12.1 Å². The normalized spacial score (nSPS) is 31.2. The average molecular weight is 347 g/mol. The minimum Gasteiger partial charge on any atom is -0.496 e. The number of quaternary nitrogens is 1. The summed E-state index contributed by atoms with van der Waals surface area (Å²) in [6.45, 7) is 3.73. The summed E-state index contributed by atoms with van der Waals surface area (Å²) in [5.41, 5.74) is -0.353. The van der Waals surface area contributed by atoms with E-state index in [0.29, 0.717) is 12.3 Å². The van der Waals surface area contributed by atoms with Crippen molar-refractivity contribution >= 4 is 17.8 Å². The number of imide groups is 1. The Morgan fingerprint density at radius 2 is 1.92 bits per heavy atom. The molecule has 2 N–H and O–H groups in total. The van der Waals surface area contributed by atoms with Crippen LogP contribution in [-0.4, -0.2) is 49.0 Å². The molecule has 2 fully saturated rings. The Kier molecular flexibility index (Phi) is 4.28. The molecule has 0 spiro atoms. The highest BCUT2D eigenvalue weighted by Gasteiger charge is 2.70. The molecule has 0 aliphatic carbocycles. The number of ether oxygens (including phenoxy) is 2. The zero-order chi connectivity index (χ0) is 18.4. The van der Waals surface area contributed by atoms with Crippen LogP contribution in [-0.2, 0) is 19.1 Å². The van der Waals surface area contributed by atoms with Crippen molar-refractivity contribution in [1.29, 1.82) is 0 Å². The van der Waals surface area contributed by atoms with Crippen LogP contribution in [0, 0.1) is 11.8 Å². The van der Waals surface area contributed by atoms with E-state index in [2.05, 4.69) is 0 Å². The third-order valence-electron chi connectivity index (χ3n) is 5.44. The number of hydrogen-bond donors (Lipinski definition) is 1. The predicted octanol–water partition coefficient (Wildman–Crippen LogP) is -0.134. The van der Waals surface area contributed by atoms with Gasteiger partial charge in [0.2, 0.25) is 17.4 Å². The zero-order valence-electron chi connectivity index (χ0n) is 14.8. The van der Waals surface area contributed by atoms with Crippen LogP contribution < -0.4 is 10.1 Å². The van der Waals surface area contributed by atoms with Gasteiger partial charge in [0, 0.05) is 13.5 Å². The summed E-state index contributed by atoms with van der Waals surface area (Å²) in [5.74, 6) is -1.78. The van der Waals surface area contributed by atoms with Crippen molar-refractivity contribution in [1.82, 2.24) is 4.90 Å². The summed E-state index contributed by atoms with van der Waals surface area (Å²) in [5, 5.41) is 1.79. The second-order valence-corrected chi connectivity index (χ2v) is 6.63. The van der Waals surface area contributed by atoms with Crippen LogP contribution in [0.15, 0.2) is 24.3 Å². The maximum absolute atomic E-state index is 12.9. The van der Waals surface area contributed by atoms with Crippen LogP contribution in [0.25, 0.3) is 0 Å². The van der Waals surface area contributed by atoms with Gasteiger partial charge in [-0.15, -0.1) is 0 Å². The molecule has 3 rings (SSSR count). The van der Waals surface area contributed by atoms with E-state index in [4.69, 9.17) is 9.47 Å². The van der Waals surface area contributed by atoms with Crippen LogP contribution in [0.3, 0.4) is 0 Å². The molecule has 1 aromatic carbocycles. The van der Waals surface area contributed by atoms with E-state index in [9.17, 15) is 14.4 Å². The largest absolute Gasteiger partial charge is 0.496 e. The molecule has 0 radical (unpaired) electrons. The SMILES string of the molecule is CCN1C(=O)[C@H]2[C@@H](c3ccccc3OC)[NH2+][C@@](C)(C(=O)OC)[C@@H]2C1=O. The molecule has 0 saturated carbocycles. The molecule has 2 amide bonds. The van der Waals surface area contributed by atoms with E-state index in [1.54, 1.807) is 26.3 Å². The molecular weight excluding hydrogens is 324 g/mol. The number of carbonyl (C=O) groups is 3. The minimum absolute atomic E-state index is 0.239. The summed E-state index contributed by atoms with van der Waals surface area (Å²) < 4.78 is 10.4. The molecule has 1 aromatic rings. The monoisotopic (exact) mass is 347 g/mol. The van der Waals surface area contributed by atoms with Crippen molar-refractivity contribution in [3.63, 3.8) is 0 Å². The first-order chi connectivity index (χ1) is 11.9. The number of hydrogen-bond acceptors (Lipinski definition) is 5. The van der Waals surface area contributed by atoms with Crippen molar-refractivity contribution in [2.45, 2.75) is 25.4 Å². The molecule has 2 aliphatic rings. The molecular formula is C18H23N2O5+. The van der Waals surface area contributed by atoms with Gasteiger partial charge in [-0.2, -0.15) is 0 Å². The van der Waals surface area contributed by atoms with E-state index in [0.717, 1.165) is 5.56 Å². The molecule has 0 aromatic heterocycles. The number of likely N-dealkylation sites (tertiary alicyclic amines) is 1. The lowest BCUT2D eigenvalue weighted by Crippen LogP contribution is -2.97. The summed E-state index contributed by atoms with van der Waals surface area (Å²) in [6.07, 6.45) is 0. The molecule has 2 aliphatic heterocycles. The summed E-state index contributed by atoms with van der Waals surface area (Å²) in [4.78, 5) is 39.5. The number of benzene rings is 1. The fourth-order valence-corrected chi connectivity index (χ4v) is 4.28. The first-order valence-corrected chi connectivity index (χ1v) is 8.33. The lowest BCUT2D eigenvalue weighted by atomic mass is 9.80. The van der Waals surface area contributed by atoms with Crippen LogP contribution >= 0.6 is 0 Å². The molecule has 25 heavy (non-hydrogen) atoms. The van der Waals surface area contributed by atoms with E-state index in [1.165, 1.54) is 12.0 Å². The van der Waals surface area contributed by atoms with Gasteiger partial charge in [0.15, 0.2) is 0 Å². The van der Waals surface area contributed by atoms with Gasteiger partial charge in [0.1, 0.15) is 23.6 Å².